The molecular weight excluding hydrogens is 354 g/mol. The second-order valence-corrected chi connectivity index (χ2v) is 7.38. The van der Waals surface area contributed by atoms with Crippen LogP contribution in [-0.2, 0) is 25.3 Å². The highest BCUT2D eigenvalue weighted by molar-refractivity contribution is 9.09. The van der Waals surface area contributed by atoms with Crippen molar-refractivity contribution in [3.63, 3.8) is 0 Å². The van der Waals surface area contributed by atoms with Gasteiger partial charge in [0, 0.05) is 5.56 Å². The molecule has 0 aliphatic carbocycles. The van der Waals surface area contributed by atoms with Gasteiger partial charge in [-0.05, 0) is 6.07 Å². The van der Waals surface area contributed by atoms with Crippen LogP contribution in [0.5, 0.6) is 0 Å². The van der Waals surface area contributed by atoms with E-state index in [1.807, 2.05) is 0 Å². The highest BCUT2D eigenvalue weighted by atomic mass is 79.9. The van der Waals surface area contributed by atoms with Crippen LogP contribution in [0.4, 0.5) is 0 Å². The number of primary sulfonamides is 1. The van der Waals surface area contributed by atoms with Crippen LogP contribution >= 0.6 is 38.9 Å². The first kappa shape index (κ1) is 13.7. The third-order valence-corrected chi connectivity index (χ3v) is 5.75. The van der Waals surface area contributed by atoms with Gasteiger partial charge in [-0.1, -0.05) is 27.5 Å². The van der Waals surface area contributed by atoms with E-state index in [2.05, 4.69) is 15.9 Å². The third-order valence-electron chi connectivity index (χ3n) is 2.27. The van der Waals surface area contributed by atoms with Crippen molar-refractivity contribution in [2.45, 2.75) is 10.00 Å². The molecule has 2 heterocycles. The molecule has 1 aliphatic rings. The summed E-state index contributed by atoms with van der Waals surface area (Å²) >= 11 is 9.99. The summed E-state index contributed by atoms with van der Waals surface area (Å²) in [5, 5.41) is 5.45. The van der Waals surface area contributed by atoms with E-state index in [0.29, 0.717) is 28.4 Å². The molecule has 0 atom stereocenters. The van der Waals surface area contributed by atoms with Crippen molar-refractivity contribution in [2.24, 2.45) is 5.14 Å². The lowest BCUT2D eigenvalue weighted by molar-refractivity contribution is -0.145. The molecule has 1 fully saturated rings. The van der Waals surface area contributed by atoms with Gasteiger partial charge in [0.05, 0.1) is 22.9 Å². The molecule has 5 nitrogen and oxygen atoms in total. The minimum atomic E-state index is -3.85. The van der Waals surface area contributed by atoms with E-state index in [4.69, 9.17) is 26.2 Å². The number of alkyl halides is 1. The summed E-state index contributed by atoms with van der Waals surface area (Å²) < 4.78 is 34.2. The lowest BCUT2D eigenvalue weighted by atomic mass is 10.2. The van der Waals surface area contributed by atoms with Crippen LogP contribution in [0.15, 0.2) is 10.3 Å². The fraction of sp³-hybridized carbons (Fsp3) is 0.500. The summed E-state index contributed by atoms with van der Waals surface area (Å²) in [5.74, 6) is -1.12. The Balaban J connectivity index is 2.58. The molecule has 17 heavy (non-hydrogen) atoms. The minimum Gasteiger partial charge on any atom is -0.343 e. The van der Waals surface area contributed by atoms with Crippen molar-refractivity contribution >= 4 is 48.9 Å². The van der Waals surface area contributed by atoms with Gasteiger partial charge in [-0.25, -0.2) is 13.6 Å². The number of hydrogen-bond donors (Lipinski definition) is 1. The van der Waals surface area contributed by atoms with Crippen LogP contribution in [0, 0.1) is 0 Å². The predicted octanol–water partition coefficient (Wildman–Crippen LogP) is 1.64. The van der Waals surface area contributed by atoms with E-state index in [0.717, 1.165) is 11.3 Å². The number of halogens is 2. The van der Waals surface area contributed by atoms with Gasteiger partial charge in [-0.3, -0.25) is 0 Å². The maximum atomic E-state index is 11.5. The molecule has 0 unspecified atom stereocenters. The van der Waals surface area contributed by atoms with Gasteiger partial charge >= 0.3 is 0 Å². The summed E-state index contributed by atoms with van der Waals surface area (Å²) in [4.78, 5) is 0. The van der Waals surface area contributed by atoms with E-state index >= 15 is 0 Å². The fourth-order valence-electron chi connectivity index (χ4n) is 1.58. The SMILES string of the molecule is NS(=O)(=O)c1sc(Cl)cc1C1(CBr)OCCO1. The molecule has 1 aliphatic heterocycles. The molecule has 2 rings (SSSR count). The molecule has 0 spiro atoms. The second kappa shape index (κ2) is 4.76. The molecule has 0 radical (unpaired) electrons. The molecule has 1 aromatic heterocycles. The fourth-order valence-corrected chi connectivity index (χ4v) is 4.62. The highest BCUT2D eigenvalue weighted by Crippen LogP contribution is 2.42. The Morgan fingerprint density at radius 3 is 2.59 bits per heavy atom. The van der Waals surface area contributed by atoms with Crippen molar-refractivity contribution in [1.29, 1.82) is 0 Å². The zero-order valence-electron chi connectivity index (χ0n) is 8.48. The molecule has 0 aromatic carbocycles. The van der Waals surface area contributed by atoms with Crippen molar-refractivity contribution in [2.75, 3.05) is 18.5 Å². The zero-order chi connectivity index (χ0) is 12.7. The maximum Gasteiger partial charge on any atom is 0.248 e. The highest BCUT2D eigenvalue weighted by Gasteiger charge is 2.42. The Morgan fingerprint density at radius 2 is 2.12 bits per heavy atom. The molecule has 96 valence electrons. The van der Waals surface area contributed by atoms with E-state index in [1.54, 1.807) is 0 Å². The first-order valence-corrected chi connectivity index (χ1v) is 8.42. The zero-order valence-corrected chi connectivity index (χ0v) is 12.5. The van der Waals surface area contributed by atoms with Crippen LogP contribution in [0.25, 0.3) is 0 Å². The van der Waals surface area contributed by atoms with Gasteiger partial charge in [-0.15, -0.1) is 11.3 Å². The Kier molecular flexibility index (Phi) is 3.85. The Bertz CT molecular complexity index is 524. The van der Waals surface area contributed by atoms with Crippen molar-refractivity contribution in [1.82, 2.24) is 0 Å². The molecule has 1 aromatic rings. The summed E-state index contributed by atoms with van der Waals surface area (Å²) in [6, 6.07) is 1.51. The summed E-state index contributed by atoms with van der Waals surface area (Å²) in [5.41, 5.74) is 0.351. The molecule has 1 saturated heterocycles. The lowest BCUT2D eigenvalue weighted by Crippen LogP contribution is -2.31. The molecular formula is C8H9BrClNO4S2. The van der Waals surface area contributed by atoms with Crippen molar-refractivity contribution in [3.05, 3.63) is 16.0 Å². The second-order valence-electron chi connectivity index (χ2n) is 3.38. The monoisotopic (exact) mass is 361 g/mol. The van der Waals surface area contributed by atoms with Gasteiger partial charge in [-0.2, -0.15) is 0 Å². The van der Waals surface area contributed by atoms with Gasteiger partial charge in [0.2, 0.25) is 15.8 Å². The lowest BCUT2D eigenvalue weighted by Gasteiger charge is -2.24. The number of thiophene rings is 1. The van der Waals surface area contributed by atoms with Crippen LogP contribution < -0.4 is 5.14 Å². The van der Waals surface area contributed by atoms with Gasteiger partial charge < -0.3 is 9.47 Å². The van der Waals surface area contributed by atoms with E-state index in [1.165, 1.54) is 6.07 Å². The quantitative estimate of drug-likeness (QED) is 0.829. The average molecular weight is 363 g/mol. The molecule has 9 heteroatoms. The topological polar surface area (TPSA) is 78.6 Å². The Hall–Kier alpha value is 0.300. The normalized spacial score (nSPS) is 19.7. The summed E-state index contributed by atoms with van der Waals surface area (Å²) in [6.07, 6.45) is 0. The van der Waals surface area contributed by atoms with Crippen LogP contribution in [0.3, 0.4) is 0 Å². The van der Waals surface area contributed by atoms with E-state index in [-0.39, 0.29) is 4.21 Å². The molecule has 0 saturated carbocycles. The van der Waals surface area contributed by atoms with Gasteiger partial charge in [0.1, 0.15) is 4.21 Å². The number of rotatable bonds is 3. The molecule has 0 amide bonds. The number of ether oxygens (including phenoxy) is 2. The summed E-state index contributed by atoms with van der Waals surface area (Å²) in [6.45, 7) is 0.784. The first-order chi connectivity index (χ1) is 7.89. The molecule has 0 bridgehead atoms. The molecule has 2 N–H and O–H groups in total. The Labute approximate surface area is 116 Å². The van der Waals surface area contributed by atoms with Gasteiger partial charge in [0.15, 0.2) is 0 Å². The van der Waals surface area contributed by atoms with Crippen LogP contribution in [0.2, 0.25) is 4.34 Å². The minimum absolute atomic E-state index is 0.0242. The smallest absolute Gasteiger partial charge is 0.248 e. The van der Waals surface area contributed by atoms with E-state index in [9.17, 15) is 8.42 Å². The number of nitrogens with two attached hydrogens (primary N) is 1. The number of sulfonamides is 1. The van der Waals surface area contributed by atoms with Crippen LogP contribution in [0.1, 0.15) is 5.56 Å². The predicted molar refractivity (Wildman–Crippen MR) is 68.1 cm³/mol. The third kappa shape index (κ3) is 2.53. The average Bonchev–Trinajstić information content (AvgIpc) is 2.83. The van der Waals surface area contributed by atoms with Gasteiger partial charge in [0.25, 0.3) is 0 Å². The van der Waals surface area contributed by atoms with Crippen LogP contribution in [-0.4, -0.2) is 27.0 Å². The van der Waals surface area contributed by atoms with Crippen molar-refractivity contribution < 1.29 is 17.9 Å². The summed E-state index contributed by atoms with van der Waals surface area (Å²) in [7, 11) is -3.85. The first-order valence-electron chi connectivity index (χ1n) is 4.55. The number of hydrogen-bond acceptors (Lipinski definition) is 5. The Morgan fingerprint density at radius 1 is 1.53 bits per heavy atom. The maximum absolute atomic E-state index is 11.5. The van der Waals surface area contributed by atoms with Crippen molar-refractivity contribution in [3.8, 4) is 0 Å². The largest absolute Gasteiger partial charge is 0.343 e. The standard InChI is InChI=1S/C8H9BrClNO4S2/c9-4-8(14-1-2-15-8)5-3-6(10)16-7(5)17(11,12)13/h3H,1-2,4H2,(H2,11,12,13). The van der Waals surface area contributed by atoms with E-state index < -0.39 is 15.8 Å².